The van der Waals surface area contributed by atoms with Crippen LogP contribution >= 0.6 is 0 Å². The number of rotatable bonds is 3. The molecule has 1 heterocycles. The molecule has 98 valence electrons. The van der Waals surface area contributed by atoms with Crippen LogP contribution in [0.1, 0.15) is 25.3 Å². The standard InChI is InChI=1S/C14H21N3O/c1-11-9-13(14(18)16-15)7-8-17(11)10-12-5-3-2-4-6-12/h2-6,11,13H,7-10,15H2,1H3,(H,16,18). The lowest BCUT2D eigenvalue weighted by Gasteiger charge is -2.36. The molecule has 3 N–H and O–H groups in total. The van der Waals surface area contributed by atoms with Gasteiger partial charge in [-0.1, -0.05) is 30.3 Å². The summed E-state index contributed by atoms with van der Waals surface area (Å²) >= 11 is 0. The van der Waals surface area contributed by atoms with E-state index in [1.54, 1.807) is 0 Å². The Morgan fingerprint density at radius 1 is 1.44 bits per heavy atom. The Kier molecular flexibility index (Phi) is 4.33. The average molecular weight is 247 g/mol. The van der Waals surface area contributed by atoms with Gasteiger partial charge in [0, 0.05) is 18.5 Å². The molecule has 2 unspecified atom stereocenters. The van der Waals surface area contributed by atoms with Crippen LogP contribution in [0.5, 0.6) is 0 Å². The summed E-state index contributed by atoms with van der Waals surface area (Å²) in [4.78, 5) is 13.9. The van der Waals surface area contributed by atoms with Crippen molar-refractivity contribution in [3.8, 4) is 0 Å². The van der Waals surface area contributed by atoms with E-state index in [0.717, 1.165) is 25.9 Å². The van der Waals surface area contributed by atoms with Crippen molar-refractivity contribution >= 4 is 5.91 Å². The fourth-order valence-electron chi connectivity index (χ4n) is 2.63. The summed E-state index contributed by atoms with van der Waals surface area (Å²) in [5, 5.41) is 0. The van der Waals surface area contributed by atoms with Gasteiger partial charge in [-0.15, -0.1) is 0 Å². The quantitative estimate of drug-likeness (QED) is 0.480. The first-order valence-electron chi connectivity index (χ1n) is 6.49. The maximum absolute atomic E-state index is 11.5. The molecule has 4 nitrogen and oxygen atoms in total. The predicted octanol–water partition coefficient (Wildman–Crippen LogP) is 1.28. The lowest BCUT2D eigenvalue weighted by atomic mass is 9.90. The number of carbonyl (C=O) groups excluding carboxylic acids is 1. The van der Waals surface area contributed by atoms with Crippen molar-refractivity contribution in [2.45, 2.75) is 32.4 Å². The van der Waals surface area contributed by atoms with E-state index in [1.807, 2.05) is 6.07 Å². The zero-order chi connectivity index (χ0) is 13.0. The minimum atomic E-state index is -0.0267. The Bertz CT molecular complexity index is 393. The van der Waals surface area contributed by atoms with Gasteiger partial charge in [0.05, 0.1) is 0 Å². The first-order chi connectivity index (χ1) is 8.70. The highest BCUT2D eigenvalue weighted by Crippen LogP contribution is 2.24. The van der Waals surface area contributed by atoms with Crippen LogP contribution in [0.3, 0.4) is 0 Å². The first kappa shape index (κ1) is 13.1. The van der Waals surface area contributed by atoms with Crippen LogP contribution in [0.4, 0.5) is 0 Å². The zero-order valence-corrected chi connectivity index (χ0v) is 10.8. The van der Waals surface area contributed by atoms with Gasteiger partial charge in [0.1, 0.15) is 0 Å². The van der Waals surface area contributed by atoms with Crippen molar-refractivity contribution in [2.75, 3.05) is 6.54 Å². The second kappa shape index (κ2) is 5.98. The van der Waals surface area contributed by atoms with E-state index < -0.39 is 0 Å². The molecule has 2 atom stereocenters. The molecule has 0 saturated carbocycles. The molecule has 18 heavy (non-hydrogen) atoms. The lowest BCUT2D eigenvalue weighted by molar-refractivity contribution is -0.127. The SMILES string of the molecule is CC1CC(C(=O)NN)CCN1Cc1ccccc1. The monoisotopic (exact) mass is 247 g/mol. The maximum atomic E-state index is 11.5. The Labute approximate surface area is 108 Å². The van der Waals surface area contributed by atoms with Crippen LogP contribution in [0, 0.1) is 5.92 Å². The van der Waals surface area contributed by atoms with E-state index >= 15 is 0 Å². The van der Waals surface area contributed by atoms with Crippen LogP contribution in [0.2, 0.25) is 0 Å². The molecule has 1 saturated heterocycles. The Hall–Kier alpha value is -1.39. The number of hydrogen-bond donors (Lipinski definition) is 2. The Morgan fingerprint density at radius 2 is 2.17 bits per heavy atom. The van der Waals surface area contributed by atoms with Crippen LogP contribution in [-0.4, -0.2) is 23.4 Å². The molecule has 0 aliphatic carbocycles. The van der Waals surface area contributed by atoms with Gasteiger partial charge >= 0.3 is 0 Å². The van der Waals surface area contributed by atoms with Crippen molar-refractivity contribution in [1.29, 1.82) is 0 Å². The van der Waals surface area contributed by atoms with E-state index in [4.69, 9.17) is 5.84 Å². The molecule has 1 fully saturated rings. The number of piperidine rings is 1. The molecule has 1 amide bonds. The van der Waals surface area contributed by atoms with Crippen molar-refractivity contribution in [1.82, 2.24) is 10.3 Å². The fraction of sp³-hybridized carbons (Fsp3) is 0.500. The molecule has 0 aromatic heterocycles. The van der Waals surface area contributed by atoms with Gasteiger partial charge in [-0.25, -0.2) is 5.84 Å². The molecule has 4 heteroatoms. The fourth-order valence-corrected chi connectivity index (χ4v) is 2.63. The van der Waals surface area contributed by atoms with E-state index in [2.05, 4.69) is 41.5 Å². The summed E-state index contributed by atoms with van der Waals surface area (Å²) in [6.07, 6.45) is 1.77. The summed E-state index contributed by atoms with van der Waals surface area (Å²) in [6.45, 7) is 4.09. The molecule has 1 aromatic carbocycles. The molecular weight excluding hydrogens is 226 g/mol. The Morgan fingerprint density at radius 3 is 2.78 bits per heavy atom. The van der Waals surface area contributed by atoms with Crippen LogP contribution in [-0.2, 0) is 11.3 Å². The molecule has 0 bridgehead atoms. The molecular formula is C14H21N3O. The second-order valence-electron chi connectivity index (χ2n) is 5.03. The second-order valence-corrected chi connectivity index (χ2v) is 5.03. The van der Waals surface area contributed by atoms with Gasteiger partial charge in [0.15, 0.2) is 0 Å². The number of amides is 1. The molecule has 1 aliphatic heterocycles. The smallest absolute Gasteiger partial charge is 0.237 e. The summed E-state index contributed by atoms with van der Waals surface area (Å²) in [5.74, 6) is 5.23. The number of hydrogen-bond acceptors (Lipinski definition) is 3. The van der Waals surface area contributed by atoms with E-state index in [0.29, 0.717) is 6.04 Å². The molecule has 0 radical (unpaired) electrons. The topological polar surface area (TPSA) is 58.4 Å². The number of benzene rings is 1. The number of carbonyl (C=O) groups is 1. The summed E-state index contributed by atoms with van der Waals surface area (Å²) in [6, 6.07) is 10.9. The molecule has 2 rings (SSSR count). The van der Waals surface area contributed by atoms with Gasteiger partial charge in [-0.2, -0.15) is 0 Å². The Balaban J connectivity index is 1.92. The van der Waals surface area contributed by atoms with Gasteiger partial charge in [0.2, 0.25) is 5.91 Å². The van der Waals surface area contributed by atoms with Gasteiger partial charge in [-0.3, -0.25) is 15.1 Å². The number of nitrogens with two attached hydrogens (primary N) is 1. The highest BCUT2D eigenvalue weighted by atomic mass is 16.2. The number of hydrazine groups is 1. The maximum Gasteiger partial charge on any atom is 0.237 e. The lowest BCUT2D eigenvalue weighted by Crippen LogP contribution is -2.46. The van der Waals surface area contributed by atoms with E-state index in [-0.39, 0.29) is 11.8 Å². The number of likely N-dealkylation sites (tertiary alicyclic amines) is 1. The van der Waals surface area contributed by atoms with E-state index in [9.17, 15) is 4.79 Å². The average Bonchev–Trinajstić information content (AvgIpc) is 2.41. The predicted molar refractivity (Wildman–Crippen MR) is 71.4 cm³/mol. The third-order valence-corrected chi connectivity index (χ3v) is 3.76. The van der Waals surface area contributed by atoms with Gasteiger partial charge in [0.25, 0.3) is 0 Å². The largest absolute Gasteiger partial charge is 0.296 e. The normalized spacial score (nSPS) is 24.8. The minimum absolute atomic E-state index is 0.0267. The first-order valence-corrected chi connectivity index (χ1v) is 6.49. The number of nitrogens with one attached hydrogen (secondary N) is 1. The zero-order valence-electron chi connectivity index (χ0n) is 10.8. The number of nitrogens with zero attached hydrogens (tertiary/aromatic N) is 1. The van der Waals surface area contributed by atoms with Crippen molar-refractivity contribution < 1.29 is 4.79 Å². The van der Waals surface area contributed by atoms with Crippen molar-refractivity contribution in [3.05, 3.63) is 35.9 Å². The summed E-state index contributed by atoms with van der Waals surface area (Å²) < 4.78 is 0. The third-order valence-electron chi connectivity index (χ3n) is 3.76. The highest BCUT2D eigenvalue weighted by Gasteiger charge is 2.29. The highest BCUT2D eigenvalue weighted by molar-refractivity contribution is 5.78. The van der Waals surface area contributed by atoms with Gasteiger partial charge < -0.3 is 0 Å². The summed E-state index contributed by atoms with van der Waals surface area (Å²) in [5.41, 5.74) is 3.59. The molecule has 1 aliphatic rings. The molecule has 1 aromatic rings. The van der Waals surface area contributed by atoms with Crippen LogP contribution in [0.25, 0.3) is 0 Å². The van der Waals surface area contributed by atoms with Crippen LogP contribution in [0.15, 0.2) is 30.3 Å². The van der Waals surface area contributed by atoms with Crippen molar-refractivity contribution in [3.63, 3.8) is 0 Å². The van der Waals surface area contributed by atoms with Crippen molar-refractivity contribution in [2.24, 2.45) is 11.8 Å². The van der Waals surface area contributed by atoms with Gasteiger partial charge in [-0.05, 0) is 31.9 Å². The molecule has 0 spiro atoms. The third kappa shape index (κ3) is 3.09. The minimum Gasteiger partial charge on any atom is -0.296 e. The van der Waals surface area contributed by atoms with E-state index in [1.165, 1.54) is 5.56 Å². The summed E-state index contributed by atoms with van der Waals surface area (Å²) in [7, 11) is 0. The van der Waals surface area contributed by atoms with Crippen LogP contribution < -0.4 is 11.3 Å².